The lowest BCUT2D eigenvalue weighted by Gasteiger charge is -2.48. The summed E-state index contributed by atoms with van der Waals surface area (Å²) in [7, 11) is 0. The molecule has 0 N–H and O–H groups in total. The van der Waals surface area contributed by atoms with Gasteiger partial charge in [0.15, 0.2) is 0 Å². The molecule has 2 rings (SSSR count). The predicted octanol–water partition coefficient (Wildman–Crippen LogP) is 10.5. The van der Waals surface area contributed by atoms with Crippen molar-refractivity contribution in [1.29, 1.82) is 0 Å². The van der Waals surface area contributed by atoms with E-state index >= 15 is 0 Å². The van der Waals surface area contributed by atoms with Crippen LogP contribution in [0, 0.1) is 45.8 Å². The first-order valence-electron chi connectivity index (χ1n) is 14.0. The highest BCUT2D eigenvalue weighted by Gasteiger charge is 2.43. The Morgan fingerprint density at radius 3 is 2.19 bits per heavy atom. The van der Waals surface area contributed by atoms with Crippen molar-refractivity contribution in [3.8, 4) is 0 Å². The van der Waals surface area contributed by atoms with E-state index < -0.39 is 0 Å². The molecule has 0 bridgehead atoms. The van der Waals surface area contributed by atoms with Crippen molar-refractivity contribution < 1.29 is 0 Å². The second-order valence-corrected chi connectivity index (χ2v) is 14.0. The van der Waals surface area contributed by atoms with Crippen LogP contribution >= 0.6 is 0 Å². The minimum atomic E-state index is 0.386. The Kier molecular flexibility index (Phi) is 9.38. The summed E-state index contributed by atoms with van der Waals surface area (Å²) in [5.41, 5.74) is 2.99. The van der Waals surface area contributed by atoms with Crippen LogP contribution in [-0.4, -0.2) is 0 Å². The topological polar surface area (TPSA) is 0 Å². The summed E-state index contributed by atoms with van der Waals surface area (Å²) in [6.07, 6.45) is 18.2. The average molecular weight is 431 g/mol. The molecule has 5 unspecified atom stereocenters. The first kappa shape index (κ1) is 27.0. The van der Waals surface area contributed by atoms with Crippen LogP contribution in [0.25, 0.3) is 0 Å². The van der Waals surface area contributed by atoms with E-state index in [4.69, 9.17) is 0 Å². The van der Waals surface area contributed by atoms with Gasteiger partial charge in [0, 0.05) is 0 Å². The Morgan fingerprint density at radius 1 is 0.968 bits per heavy atom. The van der Waals surface area contributed by atoms with Gasteiger partial charge in [-0.05, 0) is 97.7 Å². The van der Waals surface area contributed by atoms with E-state index in [-0.39, 0.29) is 0 Å². The highest BCUT2D eigenvalue weighted by atomic mass is 14.5. The molecule has 0 nitrogen and oxygen atoms in total. The third-order valence-electron chi connectivity index (χ3n) is 9.93. The van der Waals surface area contributed by atoms with Gasteiger partial charge >= 0.3 is 0 Å². The molecule has 0 amide bonds. The smallest absolute Gasteiger partial charge is 0.0206 e. The van der Waals surface area contributed by atoms with E-state index in [0.717, 1.165) is 23.7 Å². The summed E-state index contributed by atoms with van der Waals surface area (Å²) in [5.74, 6) is 4.22. The molecule has 0 aromatic carbocycles. The van der Waals surface area contributed by atoms with Crippen molar-refractivity contribution in [2.24, 2.45) is 45.8 Å². The molecule has 2 aliphatic carbocycles. The monoisotopic (exact) mass is 430 g/mol. The van der Waals surface area contributed by atoms with Gasteiger partial charge in [0.25, 0.3) is 0 Å². The van der Waals surface area contributed by atoms with Gasteiger partial charge < -0.3 is 0 Å². The zero-order valence-electron chi connectivity index (χ0n) is 23.2. The first-order valence-corrected chi connectivity index (χ1v) is 14.0. The van der Waals surface area contributed by atoms with Crippen molar-refractivity contribution in [2.75, 3.05) is 0 Å². The van der Waals surface area contributed by atoms with Crippen molar-refractivity contribution in [2.45, 2.75) is 140 Å². The summed E-state index contributed by atoms with van der Waals surface area (Å²) in [6.45, 7) is 25.2. The van der Waals surface area contributed by atoms with Crippen LogP contribution in [0.2, 0.25) is 0 Å². The molecule has 2 fully saturated rings. The van der Waals surface area contributed by atoms with Crippen LogP contribution < -0.4 is 0 Å². The van der Waals surface area contributed by atoms with Gasteiger partial charge in [0.05, 0.1) is 0 Å². The van der Waals surface area contributed by atoms with E-state index in [1.54, 1.807) is 5.57 Å². The van der Waals surface area contributed by atoms with E-state index in [1.807, 2.05) is 0 Å². The van der Waals surface area contributed by atoms with Gasteiger partial charge in [0.1, 0.15) is 0 Å². The van der Waals surface area contributed by atoms with Crippen molar-refractivity contribution >= 4 is 0 Å². The van der Waals surface area contributed by atoms with E-state index in [9.17, 15) is 0 Å². The maximum Gasteiger partial charge on any atom is -0.0206 e. The zero-order chi connectivity index (χ0) is 23.4. The summed E-state index contributed by atoms with van der Waals surface area (Å²) in [4.78, 5) is 0. The van der Waals surface area contributed by atoms with Crippen molar-refractivity contribution in [3.05, 3.63) is 11.6 Å². The summed E-state index contributed by atoms with van der Waals surface area (Å²) < 4.78 is 0. The van der Waals surface area contributed by atoms with Gasteiger partial charge in [-0.2, -0.15) is 0 Å². The Balaban J connectivity index is 2.09. The average Bonchev–Trinajstić information content (AvgIpc) is 3.48. The fourth-order valence-corrected chi connectivity index (χ4v) is 7.23. The fraction of sp³-hybridized carbons (Fsp3) is 0.935. The van der Waals surface area contributed by atoms with Gasteiger partial charge in [0.2, 0.25) is 0 Å². The van der Waals surface area contributed by atoms with Gasteiger partial charge in [-0.3, -0.25) is 0 Å². The number of hydrogen-bond acceptors (Lipinski definition) is 0. The van der Waals surface area contributed by atoms with Crippen LogP contribution in [-0.2, 0) is 0 Å². The lowest BCUT2D eigenvalue weighted by molar-refractivity contribution is 0.0210. The predicted molar refractivity (Wildman–Crippen MR) is 140 cm³/mol. The maximum atomic E-state index is 2.64. The SMILES string of the molecule is CCCC(C)(CC(C)C=C(C)C(C)C1CC1)C(C)(C)CC(C)C1CCCCC(C)(C)C1. The Hall–Kier alpha value is -0.260. The minimum Gasteiger partial charge on any atom is -0.0825 e. The molecule has 182 valence electrons. The number of rotatable bonds is 11. The molecule has 0 aliphatic heterocycles. The second-order valence-electron chi connectivity index (χ2n) is 14.0. The Morgan fingerprint density at radius 2 is 1.61 bits per heavy atom. The molecule has 0 heterocycles. The Labute approximate surface area is 197 Å². The normalized spacial score (nSPS) is 27.8. The molecular formula is C31H58. The standard InChI is InChI=1S/C31H58/c1-11-17-31(10,20-23(2)19-24(3)26(5)27-15-16-27)30(8,9)21-25(4)28-14-12-13-18-29(6,7)22-28/h19,23,25-28H,11-18,20-22H2,1-10H3. The molecule has 2 aliphatic rings. The van der Waals surface area contributed by atoms with Crippen LogP contribution in [0.1, 0.15) is 140 Å². The second kappa shape index (κ2) is 10.8. The molecule has 31 heavy (non-hydrogen) atoms. The third kappa shape index (κ3) is 7.64. The van der Waals surface area contributed by atoms with Crippen LogP contribution in [0.4, 0.5) is 0 Å². The molecule has 2 saturated carbocycles. The molecule has 5 atom stereocenters. The number of hydrogen-bond donors (Lipinski definition) is 0. The van der Waals surface area contributed by atoms with Crippen molar-refractivity contribution in [3.63, 3.8) is 0 Å². The molecule has 0 heteroatoms. The van der Waals surface area contributed by atoms with Crippen molar-refractivity contribution in [1.82, 2.24) is 0 Å². The van der Waals surface area contributed by atoms with Crippen LogP contribution in [0.5, 0.6) is 0 Å². The fourth-order valence-electron chi connectivity index (χ4n) is 7.23. The van der Waals surface area contributed by atoms with E-state index in [2.05, 4.69) is 75.3 Å². The Bertz CT molecular complexity index is 575. The van der Waals surface area contributed by atoms with Crippen LogP contribution in [0.15, 0.2) is 11.6 Å². The molecule has 0 aromatic rings. The molecule has 0 saturated heterocycles. The zero-order valence-corrected chi connectivity index (χ0v) is 23.2. The van der Waals surface area contributed by atoms with E-state index in [0.29, 0.717) is 22.2 Å². The maximum absolute atomic E-state index is 2.64. The largest absolute Gasteiger partial charge is 0.0825 e. The summed E-state index contributed by atoms with van der Waals surface area (Å²) in [5, 5.41) is 0. The quantitative estimate of drug-likeness (QED) is 0.226. The van der Waals surface area contributed by atoms with Gasteiger partial charge in [-0.1, -0.05) is 99.6 Å². The van der Waals surface area contributed by atoms with Gasteiger partial charge in [-0.25, -0.2) is 0 Å². The minimum absolute atomic E-state index is 0.386. The van der Waals surface area contributed by atoms with E-state index in [1.165, 1.54) is 70.6 Å². The molecule has 0 spiro atoms. The third-order valence-corrected chi connectivity index (χ3v) is 9.93. The highest BCUT2D eigenvalue weighted by molar-refractivity contribution is 5.09. The lowest BCUT2D eigenvalue weighted by Crippen LogP contribution is -2.39. The highest BCUT2D eigenvalue weighted by Crippen LogP contribution is 2.53. The molecule has 0 radical (unpaired) electrons. The number of allylic oxidation sites excluding steroid dienone is 2. The van der Waals surface area contributed by atoms with Crippen LogP contribution in [0.3, 0.4) is 0 Å². The molecular weight excluding hydrogens is 372 g/mol. The first-order chi connectivity index (χ1) is 14.3. The van der Waals surface area contributed by atoms with Gasteiger partial charge in [-0.15, -0.1) is 0 Å². The summed E-state index contributed by atoms with van der Waals surface area (Å²) >= 11 is 0. The molecule has 0 aromatic heterocycles. The summed E-state index contributed by atoms with van der Waals surface area (Å²) in [6, 6.07) is 0. The lowest BCUT2D eigenvalue weighted by atomic mass is 9.57.